The summed E-state index contributed by atoms with van der Waals surface area (Å²) >= 11 is 0.430. The molecule has 6 heteroatoms. The highest BCUT2D eigenvalue weighted by molar-refractivity contribution is 7.99. The number of hydrogen-bond acceptors (Lipinski definition) is 2. The Hall–Kier alpha value is -1.95. The highest BCUT2D eigenvalue weighted by Gasteiger charge is 2.12. The summed E-state index contributed by atoms with van der Waals surface area (Å²) in [6.07, 6.45) is 0. The molecule has 0 heterocycles. The van der Waals surface area contributed by atoms with E-state index in [1.54, 1.807) is 19.1 Å². The van der Waals surface area contributed by atoms with Gasteiger partial charge in [-0.15, -0.1) is 0 Å². The van der Waals surface area contributed by atoms with E-state index in [1.165, 1.54) is 36.4 Å². The number of nitrogens with one attached hydrogen (secondary N) is 1. The van der Waals surface area contributed by atoms with Gasteiger partial charge in [-0.1, -0.05) is 23.9 Å². The van der Waals surface area contributed by atoms with Gasteiger partial charge in [0.15, 0.2) is 0 Å². The molecule has 116 valence electrons. The van der Waals surface area contributed by atoms with Crippen LogP contribution in [0.1, 0.15) is 28.9 Å². The van der Waals surface area contributed by atoms with E-state index in [4.69, 9.17) is 0 Å². The summed E-state index contributed by atoms with van der Waals surface area (Å²) in [7, 11) is 0. The van der Waals surface area contributed by atoms with E-state index in [0.717, 1.165) is 5.56 Å². The Morgan fingerprint density at radius 2 is 1.64 bits per heavy atom. The van der Waals surface area contributed by atoms with E-state index in [9.17, 15) is 18.0 Å². The van der Waals surface area contributed by atoms with Crippen molar-refractivity contribution >= 4 is 17.7 Å². The number of alkyl halides is 2. The minimum atomic E-state index is -2.49. The molecule has 0 saturated heterocycles. The average molecular weight is 325 g/mol. The number of carbonyl (C=O) groups excluding carboxylic acids is 1. The van der Waals surface area contributed by atoms with E-state index < -0.39 is 5.76 Å². The van der Waals surface area contributed by atoms with Crippen LogP contribution in [0.2, 0.25) is 0 Å². The fourth-order valence-corrected chi connectivity index (χ4v) is 2.40. The second-order valence-electron chi connectivity index (χ2n) is 4.65. The van der Waals surface area contributed by atoms with Crippen molar-refractivity contribution in [3.05, 3.63) is 65.5 Å². The predicted molar refractivity (Wildman–Crippen MR) is 80.6 cm³/mol. The van der Waals surface area contributed by atoms with Crippen LogP contribution < -0.4 is 5.32 Å². The smallest absolute Gasteiger partial charge is 0.288 e. The predicted octanol–water partition coefficient (Wildman–Crippen LogP) is 4.63. The molecule has 2 aromatic carbocycles. The zero-order valence-electron chi connectivity index (χ0n) is 11.7. The zero-order chi connectivity index (χ0) is 16.1. The molecule has 0 spiro atoms. The lowest BCUT2D eigenvalue weighted by atomic mass is 10.1. The largest absolute Gasteiger partial charge is 0.346 e. The van der Waals surface area contributed by atoms with Crippen LogP contribution in [0, 0.1) is 5.82 Å². The number of hydrogen-bond donors (Lipinski definition) is 1. The van der Waals surface area contributed by atoms with Crippen molar-refractivity contribution in [1.82, 2.24) is 5.32 Å². The quantitative estimate of drug-likeness (QED) is 0.812. The van der Waals surface area contributed by atoms with Gasteiger partial charge < -0.3 is 5.32 Å². The number of rotatable bonds is 5. The van der Waals surface area contributed by atoms with Gasteiger partial charge in [0.2, 0.25) is 0 Å². The molecule has 22 heavy (non-hydrogen) atoms. The maximum atomic E-state index is 12.9. The molecule has 2 rings (SSSR count). The van der Waals surface area contributed by atoms with E-state index in [1.807, 2.05) is 0 Å². The van der Waals surface area contributed by atoms with Crippen LogP contribution in [0.4, 0.5) is 13.2 Å². The van der Waals surface area contributed by atoms with Crippen molar-refractivity contribution in [2.75, 3.05) is 0 Å². The zero-order valence-corrected chi connectivity index (χ0v) is 12.5. The number of halogens is 3. The highest BCUT2D eigenvalue weighted by atomic mass is 32.2. The van der Waals surface area contributed by atoms with Crippen LogP contribution in [0.5, 0.6) is 0 Å². The van der Waals surface area contributed by atoms with Crippen LogP contribution in [0.25, 0.3) is 0 Å². The summed E-state index contributed by atoms with van der Waals surface area (Å²) in [5.74, 6) is -3.14. The SMILES string of the molecule is CC(NC(=O)c1ccc(SC(F)F)cc1)c1ccc(F)cc1. The lowest BCUT2D eigenvalue weighted by Crippen LogP contribution is -2.26. The third-order valence-electron chi connectivity index (χ3n) is 3.06. The van der Waals surface area contributed by atoms with E-state index in [2.05, 4.69) is 5.32 Å². The molecule has 0 radical (unpaired) electrons. The van der Waals surface area contributed by atoms with Gasteiger partial charge in [-0.05, 0) is 48.9 Å². The third kappa shape index (κ3) is 4.53. The van der Waals surface area contributed by atoms with Crippen molar-refractivity contribution in [1.29, 1.82) is 0 Å². The molecule has 1 atom stereocenters. The number of carbonyl (C=O) groups is 1. The topological polar surface area (TPSA) is 29.1 Å². The lowest BCUT2D eigenvalue weighted by molar-refractivity contribution is 0.0940. The van der Waals surface area contributed by atoms with Gasteiger partial charge in [-0.3, -0.25) is 4.79 Å². The standard InChI is InChI=1S/C16H14F3NOS/c1-10(11-2-6-13(17)7-3-11)20-15(21)12-4-8-14(9-5-12)22-16(18)19/h2-10,16H,1H3,(H,20,21). The summed E-state index contributed by atoms with van der Waals surface area (Å²) in [4.78, 5) is 12.5. The van der Waals surface area contributed by atoms with E-state index in [-0.39, 0.29) is 17.8 Å². The fourth-order valence-electron chi connectivity index (χ4n) is 1.90. The van der Waals surface area contributed by atoms with Crippen molar-refractivity contribution in [2.24, 2.45) is 0 Å². The molecule has 0 bridgehead atoms. The van der Waals surface area contributed by atoms with Crippen molar-refractivity contribution in [3.8, 4) is 0 Å². The molecule has 0 aliphatic heterocycles. The highest BCUT2D eigenvalue weighted by Crippen LogP contribution is 2.25. The van der Waals surface area contributed by atoms with Crippen molar-refractivity contribution in [3.63, 3.8) is 0 Å². The van der Waals surface area contributed by atoms with Crippen molar-refractivity contribution in [2.45, 2.75) is 23.6 Å². The van der Waals surface area contributed by atoms with Gasteiger partial charge in [0, 0.05) is 10.5 Å². The third-order valence-corrected chi connectivity index (χ3v) is 3.78. The summed E-state index contributed by atoms with van der Waals surface area (Å²) in [5, 5.41) is 2.78. The molecule has 1 unspecified atom stereocenters. The van der Waals surface area contributed by atoms with E-state index in [0.29, 0.717) is 22.2 Å². The fraction of sp³-hybridized carbons (Fsp3) is 0.188. The van der Waals surface area contributed by atoms with Crippen LogP contribution >= 0.6 is 11.8 Å². The molecule has 2 nitrogen and oxygen atoms in total. The molecule has 0 aliphatic carbocycles. The Labute approximate surface area is 130 Å². The number of amides is 1. The molecule has 1 amide bonds. The Balaban J connectivity index is 2.00. The summed E-state index contributed by atoms with van der Waals surface area (Å²) in [6, 6.07) is 11.5. The summed E-state index contributed by atoms with van der Waals surface area (Å²) < 4.78 is 37.3. The maximum absolute atomic E-state index is 12.9. The molecule has 0 aromatic heterocycles. The van der Waals surface area contributed by atoms with Gasteiger partial charge >= 0.3 is 0 Å². The average Bonchev–Trinajstić information content (AvgIpc) is 2.48. The molecule has 2 aromatic rings. The second-order valence-corrected chi connectivity index (χ2v) is 5.71. The molecule has 1 N–H and O–H groups in total. The van der Waals surface area contributed by atoms with Gasteiger partial charge in [0.05, 0.1) is 6.04 Å². The maximum Gasteiger partial charge on any atom is 0.288 e. The second kappa shape index (κ2) is 7.35. The van der Waals surface area contributed by atoms with Crippen LogP contribution in [-0.2, 0) is 0 Å². The van der Waals surface area contributed by atoms with E-state index >= 15 is 0 Å². The minimum absolute atomic E-state index is 0.289. The Morgan fingerprint density at radius 3 is 2.18 bits per heavy atom. The molecular formula is C16H14F3NOS. The van der Waals surface area contributed by atoms with Crippen LogP contribution in [0.3, 0.4) is 0 Å². The first kappa shape index (κ1) is 16.4. The molecular weight excluding hydrogens is 311 g/mol. The Morgan fingerprint density at radius 1 is 1.05 bits per heavy atom. The number of benzene rings is 2. The minimum Gasteiger partial charge on any atom is -0.346 e. The molecule has 0 saturated carbocycles. The van der Waals surface area contributed by atoms with Crippen LogP contribution in [0.15, 0.2) is 53.4 Å². The first-order valence-corrected chi connectivity index (χ1v) is 7.45. The lowest BCUT2D eigenvalue weighted by Gasteiger charge is -2.14. The van der Waals surface area contributed by atoms with Gasteiger partial charge in [0.25, 0.3) is 11.7 Å². The summed E-state index contributed by atoms with van der Waals surface area (Å²) in [5.41, 5.74) is 1.16. The first-order chi connectivity index (χ1) is 10.5. The Kier molecular flexibility index (Phi) is 5.49. The summed E-state index contributed by atoms with van der Waals surface area (Å²) in [6.45, 7) is 1.78. The van der Waals surface area contributed by atoms with Crippen molar-refractivity contribution < 1.29 is 18.0 Å². The molecule has 0 aliphatic rings. The molecule has 0 fully saturated rings. The number of thioether (sulfide) groups is 1. The normalized spacial score (nSPS) is 12.2. The van der Waals surface area contributed by atoms with Crippen LogP contribution in [-0.4, -0.2) is 11.7 Å². The Bertz CT molecular complexity index is 629. The van der Waals surface area contributed by atoms with Gasteiger partial charge in [-0.2, -0.15) is 8.78 Å². The first-order valence-electron chi connectivity index (χ1n) is 6.57. The van der Waals surface area contributed by atoms with Gasteiger partial charge in [-0.25, -0.2) is 4.39 Å². The monoisotopic (exact) mass is 325 g/mol. The van der Waals surface area contributed by atoms with Gasteiger partial charge in [0.1, 0.15) is 5.82 Å².